The number of piperazine rings is 1. The van der Waals surface area contributed by atoms with Gasteiger partial charge in [0.05, 0.1) is 5.02 Å². The summed E-state index contributed by atoms with van der Waals surface area (Å²) in [4.78, 5) is 19.1. The quantitative estimate of drug-likeness (QED) is 0.561. The van der Waals surface area contributed by atoms with E-state index in [1.54, 1.807) is 6.07 Å². The Morgan fingerprint density at radius 3 is 2.50 bits per heavy atom. The maximum atomic E-state index is 14.3. The molecule has 0 unspecified atom stereocenters. The largest absolute Gasteiger partial charge is 0.381 e. The van der Waals surface area contributed by atoms with Crippen molar-refractivity contribution in [3.8, 4) is 11.4 Å². The molecule has 172 valence electrons. The first-order valence-electron chi connectivity index (χ1n) is 10.7. The number of nitrogens with zero attached hydrogens (tertiary/aromatic N) is 6. The maximum absolute atomic E-state index is 14.3. The van der Waals surface area contributed by atoms with Crippen LogP contribution in [0.2, 0.25) is 5.02 Å². The molecule has 0 N–H and O–H groups in total. The number of ether oxygens (including phenoxy) is 1. The molecule has 0 spiro atoms. The molecule has 7 nitrogen and oxygen atoms in total. The van der Waals surface area contributed by atoms with Crippen LogP contribution in [0.5, 0.6) is 0 Å². The van der Waals surface area contributed by atoms with Crippen molar-refractivity contribution in [3.63, 3.8) is 0 Å². The van der Waals surface area contributed by atoms with E-state index in [0.29, 0.717) is 30.4 Å². The van der Waals surface area contributed by atoms with E-state index < -0.39 is 5.82 Å². The van der Waals surface area contributed by atoms with E-state index in [4.69, 9.17) is 31.3 Å². The minimum absolute atomic E-state index is 0. The number of imidazole rings is 1. The normalized spacial score (nSPS) is 18.2. The molecule has 2 fully saturated rings. The molecule has 3 aromatic rings. The summed E-state index contributed by atoms with van der Waals surface area (Å²) in [6, 6.07) is 5.01. The molecular weight excluding hydrogens is 454 g/mol. The molecule has 32 heavy (non-hydrogen) atoms. The third-order valence-corrected chi connectivity index (χ3v) is 6.57. The number of halogens is 3. The first kappa shape index (κ1) is 23.2. The van der Waals surface area contributed by atoms with E-state index in [9.17, 15) is 4.39 Å². The number of likely N-dealkylation sites (N-methyl/N-ethyl adjacent to an activating group) is 1. The van der Waals surface area contributed by atoms with Crippen molar-refractivity contribution in [3.05, 3.63) is 34.9 Å². The lowest BCUT2D eigenvalue weighted by atomic mass is 10.1. The number of hydrogen-bond acceptors (Lipinski definition) is 6. The first-order chi connectivity index (χ1) is 15.0. The first-order valence-corrected chi connectivity index (χ1v) is 11.1. The van der Waals surface area contributed by atoms with E-state index >= 15 is 0 Å². The Labute approximate surface area is 198 Å². The fourth-order valence-corrected chi connectivity index (χ4v) is 4.67. The summed E-state index contributed by atoms with van der Waals surface area (Å²) < 4.78 is 22.1. The third-order valence-electron chi connectivity index (χ3n) is 6.18. The molecule has 1 aromatic carbocycles. The van der Waals surface area contributed by atoms with Crippen molar-refractivity contribution in [2.24, 2.45) is 0 Å². The summed E-state index contributed by atoms with van der Waals surface area (Å²) in [6.07, 6.45) is 1.69. The van der Waals surface area contributed by atoms with Gasteiger partial charge in [-0.05, 0) is 38.9 Å². The second-order valence-electron chi connectivity index (χ2n) is 8.31. The number of aryl methyl sites for hydroxylation is 1. The molecule has 0 radical (unpaired) electrons. The second kappa shape index (κ2) is 9.47. The van der Waals surface area contributed by atoms with Gasteiger partial charge in [0.2, 0.25) is 0 Å². The smallest absolute Gasteiger partial charge is 0.166 e. The molecule has 2 aliphatic heterocycles. The summed E-state index contributed by atoms with van der Waals surface area (Å²) >= 11 is 6.40. The highest BCUT2D eigenvalue weighted by molar-refractivity contribution is 6.33. The van der Waals surface area contributed by atoms with Crippen LogP contribution in [0.25, 0.3) is 22.6 Å². The third kappa shape index (κ3) is 4.17. The Bertz CT molecular complexity index is 1110. The SMILES string of the molecule is Cc1nc(N2CCN(C)CC2)c2nc(-c3cccc(F)c3Cl)n(C3CCOCC3)c2n1.Cl. The minimum atomic E-state index is -0.452. The summed E-state index contributed by atoms with van der Waals surface area (Å²) in [5, 5.41) is 0.0805. The van der Waals surface area contributed by atoms with Crippen molar-refractivity contribution < 1.29 is 9.13 Å². The number of anilines is 1. The fourth-order valence-electron chi connectivity index (χ4n) is 4.46. The highest BCUT2D eigenvalue weighted by atomic mass is 35.5. The van der Waals surface area contributed by atoms with Gasteiger partial charge in [-0.3, -0.25) is 0 Å². The Kier molecular flexibility index (Phi) is 6.86. The van der Waals surface area contributed by atoms with E-state index in [2.05, 4.69) is 21.4 Å². The predicted octanol–water partition coefficient (Wildman–Crippen LogP) is 4.12. The van der Waals surface area contributed by atoms with Crippen LogP contribution in [0, 0.1) is 12.7 Å². The van der Waals surface area contributed by atoms with E-state index in [1.165, 1.54) is 6.07 Å². The lowest BCUT2D eigenvalue weighted by molar-refractivity contribution is 0.0708. The molecule has 0 aliphatic carbocycles. The molecule has 5 rings (SSSR count). The zero-order valence-electron chi connectivity index (χ0n) is 18.2. The van der Waals surface area contributed by atoms with Gasteiger partial charge in [-0.2, -0.15) is 0 Å². The highest BCUT2D eigenvalue weighted by Gasteiger charge is 2.28. The molecule has 0 bridgehead atoms. The Morgan fingerprint density at radius 1 is 1.06 bits per heavy atom. The van der Waals surface area contributed by atoms with E-state index in [1.807, 2.05) is 13.0 Å². The number of hydrogen-bond donors (Lipinski definition) is 0. The van der Waals surface area contributed by atoms with Crippen LogP contribution in [-0.4, -0.2) is 70.9 Å². The summed E-state index contributed by atoms with van der Waals surface area (Å²) in [5.41, 5.74) is 2.11. The van der Waals surface area contributed by atoms with Crippen molar-refractivity contribution >= 4 is 41.0 Å². The number of fused-ring (bicyclic) bond motifs is 1. The fraction of sp³-hybridized carbons (Fsp3) is 0.500. The molecule has 2 aromatic heterocycles. The van der Waals surface area contributed by atoms with E-state index in [0.717, 1.165) is 56.0 Å². The van der Waals surface area contributed by atoms with Crippen LogP contribution in [0.3, 0.4) is 0 Å². The van der Waals surface area contributed by atoms with Crippen LogP contribution >= 0.6 is 24.0 Å². The van der Waals surface area contributed by atoms with Gasteiger partial charge in [-0.1, -0.05) is 17.7 Å². The topological polar surface area (TPSA) is 59.3 Å². The van der Waals surface area contributed by atoms with Crippen LogP contribution in [0.15, 0.2) is 18.2 Å². The van der Waals surface area contributed by atoms with Gasteiger partial charge in [0.15, 0.2) is 17.0 Å². The van der Waals surface area contributed by atoms with Gasteiger partial charge in [0.1, 0.15) is 17.5 Å². The Morgan fingerprint density at radius 2 is 1.78 bits per heavy atom. The van der Waals surface area contributed by atoms with Crippen molar-refractivity contribution in [2.75, 3.05) is 51.3 Å². The standard InChI is InChI=1S/C22H26ClFN6O.ClH/c1-14-25-21(29-10-8-28(2)9-11-29)19-22(26-14)30(15-6-12-31-13-7-15)20(27-19)16-4-3-5-17(24)18(16)23;/h3-5,15H,6-13H2,1-2H3;1H. The van der Waals surface area contributed by atoms with Gasteiger partial charge >= 0.3 is 0 Å². The lowest BCUT2D eigenvalue weighted by Gasteiger charge is -2.33. The average molecular weight is 481 g/mol. The minimum Gasteiger partial charge on any atom is -0.381 e. The van der Waals surface area contributed by atoms with E-state index in [-0.39, 0.29) is 23.5 Å². The summed E-state index contributed by atoms with van der Waals surface area (Å²) in [6.45, 7) is 6.95. The van der Waals surface area contributed by atoms with Crippen LogP contribution in [0.1, 0.15) is 24.7 Å². The van der Waals surface area contributed by atoms with Gasteiger partial charge in [-0.15, -0.1) is 12.4 Å². The monoisotopic (exact) mass is 480 g/mol. The molecule has 2 aliphatic rings. The second-order valence-corrected chi connectivity index (χ2v) is 8.69. The molecule has 0 atom stereocenters. The Hall–Kier alpha value is -2.00. The molecule has 0 saturated carbocycles. The Balaban J connectivity index is 0.00000245. The number of benzene rings is 1. The molecular formula is C22H27Cl2FN6O. The van der Waals surface area contributed by atoms with Gasteiger partial charge in [-0.25, -0.2) is 19.3 Å². The summed E-state index contributed by atoms with van der Waals surface area (Å²) in [5.74, 6) is 1.73. The van der Waals surface area contributed by atoms with Gasteiger partial charge in [0, 0.05) is 51.0 Å². The van der Waals surface area contributed by atoms with Crippen molar-refractivity contribution in [1.29, 1.82) is 0 Å². The zero-order valence-corrected chi connectivity index (χ0v) is 19.8. The molecule has 0 amide bonds. The number of aromatic nitrogens is 4. The highest BCUT2D eigenvalue weighted by Crippen LogP contribution is 2.38. The van der Waals surface area contributed by atoms with Crippen LogP contribution in [-0.2, 0) is 4.74 Å². The summed E-state index contributed by atoms with van der Waals surface area (Å²) in [7, 11) is 2.13. The average Bonchev–Trinajstić information content (AvgIpc) is 3.15. The predicted molar refractivity (Wildman–Crippen MR) is 127 cm³/mol. The maximum Gasteiger partial charge on any atom is 0.166 e. The number of rotatable bonds is 3. The van der Waals surface area contributed by atoms with Crippen LogP contribution in [0.4, 0.5) is 10.2 Å². The van der Waals surface area contributed by atoms with Crippen molar-refractivity contribution in [2.45, 2.75) is 25.8 Å². The molecule has 4 heterocycles. The zero-order chi connectivity index (χ0) is 21.5. The van der Waals surface area contributed by atoms with Crippen LogP contribution < -0.4 is 4.90 Å². The lowest BCUT2D eigenvalue weighted by Crippen LogP contribution is -2.45. The molecule has 10 heteroatoms. The van der Waals surface area contributed by atoms with Gasteiger partial charge < -0.3 is 19.1 Å². The van der Waals surface area contributed by atoms with Crippen molar-refractivity contribution in [1.82, 2.24) is 24.4 Å². The van der Waals surface area contributed by atoms with Gasteiger partial charge in [0.25, 0.3) is 0 Å². The molecule has 2 saturated heterocycles.